The van der Waals surface area contributed by atoms with Gasteiger partial charge in [0.25, 0.3) is 0 Å². The van der Waals surface area contributed by atoms with Gasteiger partial charge < -0.3 is 5.11 Å². The summed E-state index contributed by atoms with van der Waals surface area (Å²) in [5, 5.41) is 9.77. The monoisotopic (exact) mass is 170 g/mol. The van der Waals surface area contributed by atoms with Gasteiger partial charge in [-0.15, -0.1) is 0 Å². The van der Waals surface area contributed by atoms with Crippen LogP contribution >= 0.6 is 0 Å². The second kappa shape index (κ2) is 4.86. The van der Waals surface area contributed by atoms with Crippen LogP contribution in [0.15, 0.2) is 0 Å². The van der Waals surface area contributed by atoms with Crippen molar-refractivity contribution in [3.05, 3.63) is 0 Å². The number of rotatable bonds is 6. The van der Waals surface area contributed by atoms with Crippen molar-refractivity contribution in [1.82, 2.24) is 0 Å². The Balaban J connectivity index is 1.88. The lowest BCUT2D eigenvalue weighted by atomic mass is 9.77. The first-order valence-corrected chi connectivity index (χ1v) is 5.49. The SMILES string of the molecule is CCCCCCCC1(O)CCC1. The van der Waals surface area contributed by atoms with Gasteiger partial charge in [-0.1, -0.05) is 39.0 Å². The fourth-order valence-corrected chi connectivity index (χ4v) is 1.89. The van der Waals surface area contributed by atoms with Crippen LogP contribution in [0.5, 0.6) is 0 Å². The fourth-order valence-electron chi connectivity index (χ4n) is 1.89. The molecule has 0 bridgehead atoms. The first-order valence-electron chi connectivity index (χ1n) is 5.49. The summed E-state index contributed by atoms with van der Waals surface area (Å²) < 4.78 is 0. The zero-order chi connectivity index (χ0) is 8.86. The third-order valence-corrected chi connectivity index (χ3v) is 3.03. The summed E-state index contributed by atoms with van der Waals surface area (Å²) in [7, 11) is 0. The van der Waals surface area contributed by atoms with Crippen LogP contribution in [0, 0.1) is 0 Å². The standard InChI is InChI=1S/C11H22O/c1-2-3-4-5-6-8-11(12)9-7-10-11/h12H,2-10H2,1H3. The van der Waals surface area contributed by atoms with E-state index in [1.165, 1.54) is 38.5 Å². The maximum atomic E-state index is 9.77. The Hall–Kier alpha value is -0.0400. The predicted molar refractivity (Wildman–Crippen MR) is 52.2 cm³/mol. The minimum atomic E-state index is -0.230. The van der Waals surface area contributed by atoms with Crippen molar-refractivity contribution in [2.45, 2.75) is 70.3 Å². The molecule has 1 aliphatic carbocycles. The van der Waals surface area contributed by atoms with Crippen molar-refractivity contribution in [3.8, 4) is 0 Å². The van der Waals surface area contributed by atoms with Gasteiger partial charge in [0, 0.05) is 0 Å². The molecular weight excluding hydrogens is 148 g/mol. The maximum Gasteiger partial charge on any atom is 0.0647 e. The van der Waals surface area contributed by atoms with Crippen molar-refractivity contribution < 1.29 is 5.11 Å². The normalized spacial score (nSPS) is 20.5. The largest absolute Gasteiger partial charge is 0.390 e. The van der Waals surface area contributed by atoms with E-state index in [0.29, 0.717) is 0 Å². The molecule has 1 nitrogen and oxygen atoms in total. The summed E-state index contributed by atoms with van der Waals surface area (Å²) in [5.41, 5.74) is -0.230. The minimum absolute atomic E-state index is 0.230. The van der Waals surface area contributed by atoms with Gasteiger partial charge in [-0.05, 0) is 25.7 Å². The summed E-state index contributed by atoms with van der Waals surface area (Å²) in [5.74, 6) is 0. The molecule has 1 fully saturated rings. The molecule has 0 aromatic carbocycles. The quantitative estimate of drug-likeness (QED) is 0.607. The van der Waals surface area contributed by atoms with Crippen molar-refractivity contribution in [1.29, 1.82) is 0 Å². The number of unbranched alkanes of at least 4 members (excludes halogenated alkanes) is 4. The Labute approximate surface area is 76.2 Å². The molecule has 1 aliphatic rings. The van der Waals surface area contributed by atoms with Gasteiger partial charge in [-0.2, -0.15) is 0 Å². The van der Waals surface area contributed by atoms with E-state index in [1.54, 1.807) is 0 Å². The van der Waals surface area contributed by atoms with E-state index in [-0.39, 0.29) is 5.60 Å². The Bertz CT molecular complexity index is 116. The molecule has 0 aliphatic heterocycles. The summed E-state index contributed by atoms with van der Waals surface area (Å²) >= 11 is 0. The van der Waals surface area contributed by atoms with Crippen LogP contribution in [-0.2, 0) is 0 Å². The Morgan fingerprint density at radius 1 is 1.08 bits per heavy atom. The van der Waals surface area contributed by atoms with E-state index in [1.807, 2.05) is 0 Å². The molecule has 1 saturated carbocycles. The van der Waals surface area contributed by atoms with Crippen LogP contribution in [0.2, 0.25) is 0 Å². The van der Waals surface area contributed by atoms with E-state index < -0.39 is 0 Å². The maximum absolute atomic E-state index is 9.77. The molecule has 0 aromatic rings. The number of aliphatic hydroxyl groups is 1. The molecule has 0 unspecified atom stereocenters. The Morgan fingerprint density at radius 2 is 1.75 bits per heavy atom. The van der Waals surface area contributed by atoms with Gasteiger partial charge in [0.05, 0.1) is 5.60 Å². The molecule has 72 valence electrons. The van der Waals surface area contributed by atoms with E-state index in [9.17, 15) is 5.11 Å². The lowest BCUT2D eigenvalue weighted by Gasteiger charge is -2.36. The highest BCUT2D eigenvalue weighted by Crippen LogP contribution is 2.35. The molecule has 1 rings (SSSR count). The fraction of sp³-hybridized carbons (Fsp3) is 1.00. The zero-order valence-corrected chi connectivity index (χ0v) is 8.31. The molecule has 12 heavy (non-hydrogen) atoms. The Morgan fingerprint density at radius 3 is 2.25 bits per heavy atom. The van der Waals surface area contributed by atoms with Crippen molar-refractivity contribution in [2.24, 2.45) is 0 Å². The van der Waals surface area contributed by atoms with Crippen LogP contribution in [-0.4, -0.2) is 10.7 Å². The van der Waals surface area contributed by atoms with Gasteiger partial charge in [0.2, 0.25) is 0 Å². The number of hydrogen-bond donors (Lipinski definition) is 1. The molecule has 0 spiro atoms. The molecule has 0 saturated heterocycles. The van der Waals surface area contributed by atoms with Crippen LogP contribution in [0.4, 0.5) is 0 Å². The zero-order valence-electron chi connectivity index (χ0n) is 8.31. The molecule has 0 aromatic heterocycles. The minimum Gasteiger partial charge on any atom is -0.390 e. The first kappa shape index (κ1) is 10.0. The van der Waals surface area contributed by atoms with E-state index in [2.05, 4.69) is 6.92 Å². The third kappa shape index (κ3) is 3.14. The highest BCUT2D eigenvalue weighted by Gasteiger charge is 2.33. The highest BCUT2D eigenvalue weighted by molar-refractivity contribution is 4.86. The van der Waals surface area contributed by atoms with E-state index in [4.69, 9.17) is 0 Å². The van der Waals surface area contributed by atoms with Gasteiger partial charge in [0.1, 0.15) is 0 Å². The molecule has 0 atom stereocenters. The lowest BCUT2D eigenvalue weighted by molar-refractivity contribution is -0.0419. The highest BCUT2D eigenvalue weighted by atomic mass is 16.3. The summed E-state index contributed by atoms with van der Waals surface area (Å²) in [6.07, 6.45) is 11.0. The summed E-state index contributed by atoms with van der Waals surface area (Å²) in [4.78, 5) is 0. The van der Waals surface area contributed by atoms with Crippen molar-refractivity contribution in [2.75, 3.05) is 0 Å². The van der Waals surface area contributed by atoms with Gasteiger partial charge in [-0.3, -0.25) is 0 Å². The summed E-state index contributed by atoms with van der Waals surface area (Å²) in [6, 6.07) is 0. The van der Waals surface area contributed by atoms with Crippen LogP contribution in [0.25, 0.3) is 0 Å². The van der Waals surface area contributed by atoms with Gasteiger partial charge in [-0.25, -0.2) is 0 Å². The van der Waals surface area contributed by atoms with Crippen LogP contribution in [0.3, 0.4) is 0 Å². The summed E-state index contributed by atoms with van der Waals surface area (Å²) in [6.45, 7) is 2.24. The topological polar surface area (TPSA) is 20.2 Å². The predicted octanol–water partition coefficient (Wildman–Crippen LogP) is 3.26. The van der Waals surface area contributed by atoms with Crippen LogP contribution < -0.4 is 0 Å². The molecule has 0 heterocycles. The third-order valence-electron chi connectivity index (χ3n) is 3.03. The van der Waals surface area contributed by atoms with Crippen molar-refractivity contribution >= 4 is 0 Å². The molecule has 1 N–H and O–H groups in total. The van der Waals surface area contributed by atoms with E-state index in [0.717, 1.165) is 19.3 Å². The lowest BCUT2D eigenvalue weighted by Crippen LogP contribution is -2.36. The second-order valence-corrected chi connectivity index (χ2v) is 4.24. The molecular formula is C11H22O. The first-order chi connectivity index (χ1) is 5.77. The van der Waals surface area contributed by atoms with Gasteiger partial charge >= 0.3 is 0 Å². The molecule has 0 radical (unpaired) electrons. The molecule has 1 heteroatoms. The van der Waals surface area contributed by atoms with Crippen LogP contribution in [0.1, 0.15) is 64.7 Å². The van der Waals surface area contributed by atoms with Gasteiger partial charge in [0.15, 0.2) is 0 Å². The average Bonchev–Trinajstić information content (AvgIpc) is 2.01. The average molecular weight is 170 g/mol. The van der Waals surface area contributed by atoms with Crippen molar-refractivity contribution in [3.63, 3.8) is 0 Å². The second-order valence-electron chi connectivity index (χ2n) is 4.24. The smallest absolute Gasteiger partial charge is 0.0647 e. The van der Waals surface area contributed by atoms with E-state index >= 15 is 0 Å². The number of hydrogen-bond acceptors (Lipinski definition) is 1. The molecule has 0 amide bonds. The Kier molecular flexibility index (Phi) is 4.07.